The predicted octanol–water partition coefficient (Wildman–Crippen LogP) is 1.27. The van der Waals surface area contributed by atoms with Crippen molar-refractivity contribution in [1.82, 2.24) is 10.3 Å². The second-order valence-corrected chi connectivity index (χ2v) is 5.46. The average molecular weight is 261 g/mol. The van der Waals surface area contributed by atoms with Crippen LogP contribution in [0, 0.1) is 0 Å². The van der Waals surface area contributed by atoms with Crippen LogP contribution < -0.4 is 11.1 Å². The van der Waals surface area contributed by atoms with Crippen molar-refractivity contribution in [2.45, 2.75) is 25.8 Å². The minimum absolute atomic E-state index is 0.109. The number of nitrogens with two attached hydrogens (primary N) is 1. The molecule has 1 aromatic carbocycles. The van der Waals surface area contributed by atoms with E-state index in [4.69, 9.17) is 5.73 Å². The Balaban J connectivity index is 2.11. The van der Waals surface area contributed by atoms with Gasteiger partial charge < -0.3 is 21.1 Å². The molecule has 0 unspecified atom stereocenters. The largest absolute Gasteiger partial charge is 0.507 e. The number of aromatic nitrogens is 1. The molecule has 0 saturated heterocycles. The van der Waals surface area contributed by atoms with Crippen LogP contribution in [0.2, 0.25) is 0 Å². The van der Waals surface area contributed by atoms with Crippen molar-refractivity contribution >= 4 is 16.8 Å². The van der Waals surface area contributed by atoms with Gasteiger partial charge in [0.25, 0.3) is 0 Å². The first-order chi connectivity index (χ1) is 8.87. The Morgan fingerprint density at radius 2 is 2.21 bits per heavy atom. The highest BCUT2D eigenvalue weighted by atomic mass is 16.3. The smallest absolute Gasteiger partial charge is 0.224 e. The molecular weight excluding hydrogens is 242 g/mol. The number of amides is 1. The van der Waals surface area contributed by atoms with E-state index in [2.05, 4.69) is 10.3 Å². The molecule has 0 aliphatic rings. The zero-order valence-electron chi connectivity index (χ0n) is 11.2. The number of fused-ring (bicyclic) bond motifs is 1. The summed E-state index contributed by atoms with van der Waals surface area (Å²) in [7, 11) is 0. The number of hydrogen-bond donors (Lipinski definition) is 4. The van der Waals surface area contributed by atoms with Crippen LogP contribution in [0.1, 0.15) is 19.4 Å². The van der Waals surface area contributed by atoms with Crippen molar-refractivity contribution in [2.24, 2.45) is 5.73 Å². The van der Waals surface area contributed by atoms with E-state index < -0.39 is 5.54 Å². The molecule has 5 heteroatoms. The standard InChI is InChI=1S/C14H19N3O2/c1-14(2,15)8-17-12(19)6-9-7-16-10-4-3-5-11(18)13(9)10/h3-5,7,16,18H,6,8,15H2,1-2H3,(H,17,19). The number of nitrogens with one attached hydrogen (secondary N) is 2. The summed E-state index contributed by atoms with van der Waals surface area (Å²) in [6.45, 7) is 4.12. The van der Waals surface area contributed by atoms with Gasteiger partial charge in [-0.25, -0.2) is 0 Å². The maximum Gasteiger partial charge on any atom is 0.224 e. The lowest BCUT2D eigenvalue weighted by Crippen LogP contribution is -2.45. The Kier molecular flexibility index (Phi) is 3.48. The molecule has 19 heavy (non-hydrogen) atoms. The lowest BCUT2D eigenvalue weighted by atomic mass is 10.1. The van der Waals surface area contributed by atoms with Gasteiger partial charge in [0.05, 0.1) is 6.42 Å². The Bertz CT molecular complexity index is 596. The molecule has 1 heterocycles. The summed E-state index contributed by atoms with van der Waals surface area (Å²) in [6.07, 6.45) is 1.96. The number of phenols is 1. The lowest BCUT2D eigenvalue weighted by Gasteiger charge is -2.18. The van der Waals surface area contributed by atoms with Crippen LogP contribution in [0.25, 0.3) is 10.9 Å². The third-order valence-corrected chi connectivity index (χ3v) is 2.86. The molecule has 0 aliphatic heterocycles. The van der Waals surface area contributed by atoms with Gasteiger partial charge in [-0.3, -0.25) is 4.79 Å². The molecule has 0 atom stereocenters. The van der Waals surface area contributed by atoms with Crippen LogP contribution in [0.4, 0.5) is 0 Å². The molecule has 0 bridgehead atoms. The fourth-order valence-electron chi connectivity index (χ4n) is 1.94. The van der Waals surface area contributed by atoms with E-state index in [0.29, 0.717) is 11.9 Å². The van der Waals surface area contributed by atoms with Crippen molar-refractivity contribution in [1.29, 1.82) is 0 Å². The third kappa shape index (κ3) is 3.26. The Morgan fingerprint density at radius 1 is 1.47 bits per heavy atom. The van der Waals surface area contributed by atoms with Gasteiger partial charge in [-0.1, -0.05) is 6.07 Å². The number of carbonyl (C=O) groups is 1. The molecule has 5 N–H and O–H groups in total. The number of phenolic OH excluding ortho intramolecular Hbond substituents is 1. The molecule has 2 rings (SSSR count). The third-order valence-electron chi connectivity index (χ3n) is 2.86. The first-order valence-corrected chi connectivity index (χ1v) is 6.20. The fourth-order valence-corrected chi connectivity index (χ4v) is 1.94. The zero-order chi connectivity index (χ0) is 14.0. The van der Waals surface area contributed by atoms with Gasteiger partial charge in [0.2, 0.25) is 5.91 Å². The van der Waals surface area contributed by atoms with Gasteiger partial charge in [-0.2, -0.15) is 0 Å². The Morgan fingerprint density at radius 3 is 2.89 bits per heavy atom. The summed E-state index contributed by atoms with van der Waals surface area (Å²) in [6, 6.07) is 5.23. The number of hydrogen-bond acceptors (Lipinski definition) is 3. The van der Waals surface area contributed by atoms with Gasteiger partial charge in [0.1, 0.15) is 5.75 Å². The molecule has 1 amide bonds. The summed E-state index contributed by atoms with van der Waals surface area (Å²) >= 11 is 0. The maximum atomic E-state index is 11.8. The first-order valence-electron chi connectivity index (χ1n) is 6.20. The van der Waals surface area contributed by atoms with Gasteiger partial charge in [-0.15, -0.1) is 0 Å². The van der Waals surface area contributed by atoms with Crippen LogP contribution in [0.3, 0.4) is 0 Å². The lowest BCUT2D eigenvalue weighted by molar-refractivity contribution is -0.120. The van der Waals surface area contributed by atoms with E-state index in [-0.39, 0.29) is 18.1 Å². The molecule has 0 spiro atoms. The molecule has 102 valence electrons. The van der Waals surface area contributed by atoms with Crippen molar-refractivity contribution in [2.75, 3.05) is 6.54 Å². The van der Waals surface area contributed by atoms with Crippen molar-refractivity contribution < 1.29 is 9.90 Å². The quantitative estimate of drug-likeness (QED) is 0.668. The number of aromatic amines is 1. The number of carbonyl (C=O) groups excluding carboxylic acids is 1. The monoisotopic (exact) mass is 261 g/mol. The number of aromatic hydroxyl groups is 1. The van der Waals surface area contributed by atoms with Crippen LogP contribution in [-0.4, -0.2) is 28.1 Å². The summed E-state index contributed by atoms with van der Waals surface area (Å²) in [5.74, 6) is 0.0726. The van der Waals surface area contributed by atoms with Gasteiger partial charge in [0.15, 0.2) is 0 Å². The fraction of sp³-hybridized carbons (Fsp3) is 0.357. The highest BCUT2D eigenvalue weighted by Crippen LogP contribution is 2.27. The molecule has 1 aromatic heterocycles. The molecule has 0 radical (unpaired) electrons. The van der Waals surface area contributed by atoms with Crippen molar-refractivity contribution in [3.05, 3.63) is 30.0 Å². The van der Waals surface area contributed by atoms with Crippen LogP contribution >= 0.6 is 0 Å². The van der Waals surface area contributed by atoms with Crippen molar-refractivity contribution in [3.8, 4) is 5.75 Å². The van der Waals surface area contributed by atoms with Crippen LogP contribution in [-0.2, 0) is 11.2 Å². The van der Waals surface area contributed by atoms with Gasteiger partial charge in [0, 0.05) is 29.2 Å². The molecule has 2 aromatic rings. The highest BCUT2D eigenvalue weighted by molar-refractivity contribution is 5.92. The second kappa shape index (κ2) is 4.93. The van der Waals surface area contributed by atoms with Crippen molar-refractivity contribution in [3.63, 3.8) is 0 Å². The van der Waals surface area contributed by atoms with Gasteiger partial charge >= 0.3 is 0 Å². The van der Waals surface area contributed by atoms with E-state index in [1.807, 2.05) is 19.9 Å². The topological polar surface area (TPSA) is 91.1 Å². The summed E-state index contributed by atoms with van der Waals surface area (Å²) < 4.78 is 0. The Labute approximate surface area is 111 Å². The maximum absolute atomic E-state index is 11.8. The summed E-state index contributed by atoms with van der Waals surface area (Å²) in [5, 5.41) is 13.3. The minimum Gasteiger partial charge on any atom is -0.507 e. The summed E-state index contributed by atoms with van der Waals surface area (Å²) in [4.78, 5) is 14.9. The molecule has 0 saturated carbocycles. The normalized spacial score (nSPS) is 11.7. The second-order valence-electron chi connectivity index (χ2n) is 5.46. The van der Waals surface area contributed by atoms with Crippen LogP contribution in [0.15, 0.2) is 24.4 Å². The molecule has 5 nitrogen and oxygen atoms in total. The summed E-state index contributed by atoms with van der Waals surface area (Å²) in [5.41, 5.74) is 6.98. The number of H-pyrrole nitrogens is 1. The SMILES string of the molecule is CC(C)(N)CNC(=O)Cc1c[nH]c2cccc(O)c12. The first kappa shape index (κ1) is 13.4. The van der Waals surface area contributed by atoms with E-state index in [0.717, 1.165) is 11.1 Å². The molecule has 0 aliphatic carbocycles. The zero-order valence-corrected chi connectivity index (χ0v) is 11.2. The van der Waals surface area contributed by atoms with Crippen LogP contribution in [0.5, 0.6) is 5.75 Å². The number of benzene rings is 1. The van der Waals surface area contributed by atoms with Gasteiger partial charge in [-0.05, 0) is 31.5 Å². The van der Waals surface area contributed by atoms with E-state index in [1.165, 1.54) is 0 Å². The predicted molar refractivity (Wildman–Crippen MR) is 74.9 cm³/mol. The van der Waals surface area contributed by atoms with E-state index in [9.17, 15) is 9.90 Å². The molecule has 0 fully saturated rings. The number of rotatable bonds is 4. The highest BCUT2D eigenvalue weighted by Gasteiger charge is 2.15. The van der Waals surface area contributed by atoms with E-state index >= 15 is 0 Å². The minimum atomic E-state index is -0.433. The average Bonchev–Trinajstić information content (AvgIpc) is 2.70. The van der Waals surface area contributed by atoms with E-state index in [1.54, 1.807) is 18.3 Å². The Hall–Kier alpha value is -2.01. The molecular formula is C14H19N3O2.